The zero-order chi connectivity index (χ0) is 11.7. The molecular weight excluding hydrogens is 194 g/mol. The highest BCUT2D eigenvalue weighted by Crippen LogP contribution is 2.43. The smallest absolute Gasteiger partial charge is 0.00177 e. The lowest BCUT2D eigenvalue weighted by Gasteiger charge is -2.38. The Balaban J connectivity index is 2.24. The van der Waals surface area contributed by atoms with Gasteiger partial charge in [0.05, 0.1) is 0 Å². The van der Waals surface area contributed by atoms with Crippen molar-refractivity contribution < 1.29 is 0 Å². The third kappa shape index (κ3) is 2.01. The molecule has 0 spiro atoms. The van der Waals surface area contributed by atoms with Gasteiger partial charge < -0.3 is 5.32 Å². The predicted octanol–water partition coefficient (Wildman–Crippen LogP) is 3.32. The molecule has 0 aliphatic heterocycles. The summed E-state index contributed by atoms with van der Waals surface area (Å²) in [7, 11) is 2.06. The van der Waals surface area contributed by atoms with Crippen molar-refractivity contribution in [1.29, 1.82) is 0 Å². The minimum Gasteiger partial charge on any atom is -0.319 e. The van der Waals surface area contributed by atoms with Gasteiger partial charge in [-0.2, -0.15) is 0 Å². The third-order valence-electron chi connectivity index (χ3n) is 4.17. The molecule has 1 aliphatic carbocycles. The molecule has 1 aromatic rings. The third-order valence-corrected chi connectivity index (χ3v) is 4.17. The second-order valence-corrected chi connectivity index (χ2v) is 5.29. The van der Waals surface area contributed by atoms with Crippen LogP contribution in [0.1, 0.15) is 41.0 Å². The summed E-state index contributed by atoms with van der Waals surface area (Å²) in [6, 6.07) is 4.76. The van der Waals surface area contributed by atoms with Gasteiger partial charge in [0, 0.05) is 0 Å². The van der Waals surface area contributed by atoms with Crippen molar-refractivity contribution in [2.24, 2.45) is 5.92 Å². The number of rotatable bonds is 3. The maximum Gasteiger partial charge on any atom is -0.00177 e. The van der Waals surface area contributed by atoms with E-state index in [-0.39, 0.29) is 0 Å². The first-order chi connectivity index (χ1) is 7.63. The first-order valence-corrected chi connectivity index (χ1v) is 6.36. The predicted molar refractivity (Wildman–Crippen MR) is 70.0 cm³/mol. The molecule has 0 radical (unpaired) electrons. The zero-order valence-corrected chi connectivity index (χ0v) is 10.9. The number of benzene rings is 1. The molecule has 88 valence electrons. The summed E-state index contributed by atoms with van der Waals surface area (Å²) in [5, 5.41) is 3.31. The van der Waals surface area contributed by atoms with Gasteiger partial charge in [0.25, 0.3) is 0 Å². The number of aryl methyl sites for hydroxylation is 3. The highest BCUT2D eigenvalue weighted by Gasteiger charge is 2.32. The second-order valence-electron chi connectivity index (χ2n) is 5.29. The molecule has 0 aromatic heterocycles. The van der Waals surface area contributed by atoms with Gasteiger partial charge in [0.2, 0.25) is 0 Å². The molecule has 16 heavy (non-hydrogen) atoms. The van der Waals surface area contributed by atoms with Crippen LogP contribution in [0.3, 0.4) is 0 Å². The zero-order valence-electron chi connectivity index (χ0n) is 10.9. The Morgan fingerprint density at radius 1 is 1.06 bits per heavy atom. The molecule has 1 fully saturated rings. The highest BCUT2D eigenvalue weighted by molar-refractivity contribution is 5.39. The van der Waals surface area contributed by atoms with Crippen LogP contribution in [0.4, 0.5) is 0 Å². The average molecular weight is 217 g/mol. The molecule has 1 heteroatoms. The second kappa shape index (κ2) is 4.58. The summed E-state index contributed by atoms with van der Waals surface area (Å²) < 4.78 is 0. The number of hydrogen-bond acceptors (Lipinski definition) is 1. The van der Waals surface area contributed by atoms with E-state index in [1.807, 2.05) is 0 Å². The molecule has 1 aromatic carbocycles. The molecule has 0 heterocycles. The SMILES string of the molecule is CNCC1CCC1c1cc(C)c(C)cc1C. The average Bonchev–Trinajstić information content (AvgIpc) is 2.21. The van der Waals surface area contributed by atoms with Crippen LogP contribution in [0.5, 0.6) is 0 Å². The van der Waals surface area contributed by atoms with Crippen molar-refractivity contribution in [2.45, 2.75) is 39.5 Å². The molecule has 1 N–H and O–H groups in total. The number of nitrogens with one attached hydrogen (secondary N) is 1. The van der Waals surface area contributed by atoms with E-state index < -0.39 is 0 Å². The molecule has 1 saturated carbocycles. The molecule has 0 amide bonds. The maximum atomic E-state index is 3.31. The largest absolute Gasteiger partial charge is 0.319 e. The summed E-state index contributed by atoms with van der Waals surface area (Å²) in [6.07, 6.45) is 2.76. The monoisotopic (exact) mass is 217 g/mol. The van der Waals surface area contributed by atoms with Gasteiger partial charge in [0.1, 0.15) is 0 Å². The van der Waals surface area contributed by atoms with Crippen LogP contribution >= 0.6 is 0 Å². The van der Waals surface area contributed by atoms with Crippen LogP contribution in [0.15, 0.2) is 12.1 Å². The Morgan fingerprint density at radius 2 is 1.75 bits per heavy atom. The fourth-order valence-corrected chi connectivity index (χ4v) is 2.87. The summed E-state index contributed by atoms with van der Waals surface area (Å²) in [4.78, 5) is 0. The molecule has 2 atom stereocenters. The van der Waals surface area contributed by atoms with E-state index in [9.17, 15) is 0 Å². The maximum absolute atomic E-state index is 3.31. The van der Waals surface area contributed by atoms with Crippen molar-refractivity contribution in [3.05, 3.63) is 34.4 Å². The summed E-state index contributed by atoms with van der Waals surface area (Å²) in [6.45, 7) is 7.86. The lowest BCUT2D eigenvalue weighted by molar-refractivity contribution is 0.250. The van der Waals surface area contributed by atoms with Gasteiger partial charge in [-0.1, -0.05) is 12.1 Å². The van der Waals surface area contributed by atoms with Crippen LogP contribution in [-0.4, -0.2) is 13.6 Å². The van der Waals surface area contributed by atoms with Crippen LogP contribution in [0, 0.1) is 26.7 Å². The Kier molecular flexibility index (Phi) is 3.34. The van der Waals surface area contributed by atoms with Crippen molar-refractivity contribution >= 4 is 0 Å². The van der Waals surface area contributed by atoms with Crippen molar-refractivity contribution in [3.8, 4) is 0 Å². The van der Waals surface area contributed by atoms with Crippen molar-refractivity contribution in [3.63, 3.8) is 0 Å². The van der Waals surface area contributed by atoms with Gasteiger partial charge >= 0.3 is 0 Å². The topological polar surface area (TPSA) is 12.0 Å². The molecule has 2 unspecified atom stereocenters. The van der Waals surface area contributed by atoms with Gasteiger partial charge in [0.15, 0.2) is 0 Å². The van der Waals surface area contributed by atoms with Gasteiger partial charge in [-0.25, -0.2) is 0 Å². The van der Waals surface area contributed by atoms with E-state index in [0.717, 1.165) is 18.4 Å². The molecule has 1 aliphatic rings. The Hall–Kier alpha value is -0.820. The van der Waals surface area contributed by atoms with E-state index in [1.165, 1.54) is 29.5 Å². The molecule has 0 bridgehead atoms. The lowest BCUT2D eigenvalue weighted by Crippen LogP contribution is -2.32. The van der Waals surface area contributed by atoms with Crippen LogP contribution in [0.2, 0.25) is 0 Å². The van der Waals surface area contributed by atoms with E-state index in [1.54, 1.807) is 5.56 Å². The van der Waals surface area contributed by atoms with Gasteiger partial charge in [-0.05, 0) is 81.3 Å². The fourth-order valence-electron chi connectivity index (χ4n) is 2.87. The first kappa shape index (κ1) is 11.7. The Bertz CT molecular complexity index is 381. The summed E-state index contributed by atoms with van der Waals surface area (Å²) in [5.41, 5.74) is 5.94. The minimum absolute atomic E-state index is 0.798. The molecule has 2 rings (SSSR count). The summed E-state index contributed by atoms with van der Waals surface area (Å²) in [5.74, 6) is 1.65. The minimum atomic E-state index is 0.798. The Labute approximate surface area is 99.3 Å². The molecule has 0 saturated heterocycles. The normalized spacial score (nSPS) is 24.2. The quantitative estimate of drug-likeness (QED) is 0.819. The molecule has 1 nitrogen and oxygen atoms in total. The first-order valence-electron chi connectivity index (χ1n) is 6.36. The Morgan fingerprint density at radius 3 is 2.31 bits per heavy atom. The van der Waals surface area contributed by atoms with Gasteiger partial charge in [-0.15, -0.1) is 0 Å². The lowest BCUT2D eigenvalue weighted by atomic mass is 9.68. The summed E-state index contributed by atoms with van der Waals surface area (Å²) >= 11 is 0. The fraction of sp³-hybridized carbons (Fsp3) is 0.600. The van der Waals surface area contributed by atoms with Gasteiger partial charge in [-0.3, -0.25) is 0 Å². The van der Waals surface area contributed by atoms with E-state index in [4.69, 9.17) is 0 Å². The van der Waals surface area contributed by atoms with E-state index in [0.29, 0.717) is 0 Å². The van der Waals surface area contributed by atoms with E-state index >= 15 is 0 Å². The molecular formula is C15H23N. The van der Waals surface area contributed by atoms with Crippen LogP contribution in [0.25, 0.3) is 0 Å². The standard InChI is InChI=1S/C15H23N/c1-10-7-12(3)15(8-11(10)2)14-6-5-13(14)9-16-4/h7-8,13-14,16H,5-6,9H2,1-4H3. The van der Waals surface area contributed by atoms with Crippen LogP contribution in [-0.2, 0) is 0 Å². The van der Waals surface area contributed by atoms with E-state index in [2.05, 4.69) is 45.3 Å². The van der Waals surface area contributed by atoms with Crippen LogP contribution < -0.4 is 5.32 Å². The van der Waals surface area contributed by atoms with Crippen molar-refractivity contribution in [2.75, 3.05) is 13.6 Å². The van der Waals surface area contributed by atoms with Crippen molar-refractivity contribution in [1.82, 2.24) is 5.32 Å². The number of hydrogen-bond donors (Lipinski definition) is 1. The highest BCUT2D eigenvalue weighted by atomic mass is 14.8.